The van der Waals surface area contributed by atoms with Crippen LogP contribution in [0, 0.1) is 0 Å². The number of ketones is 1. The molecule has 0 N–H and O–H groups in total. The third-order valence-electron chi connectivity index (χ3n) is 3.67. The lowest BCUT2D eigenvalue weighted by atomic mass is 10.2. The zero-order valence-corrected chi connectivity index (χ0v) is 12.8. The van der Waals surface area contributed by atoms with Crippen molar-refractivity contribution in [3.8, 4) is 5.69 Å². The lowest BCUT2D eigenvalue weighted by Crippen LogP contribution is -1.93. The van der Waals surface area contributed by atoms with Gasteiger partial charge in [-0.2, -0.15) is 5.10 Å². The highest BCUT2D eigenvalue weighted by Crippen LogP contribution is 2.10. The first kappa shape index (κ1) is 14.1. The van der Waals surface area contributed by atoms with E-state index in [1.165, 1.54) is 6.08 Å². The molecule has 4 rings (SSSR count). The second-order valence-corrected chi connectivity index (χ2v) is 5.34. The highest BCUT2D eigenvalue weighted by molar-refractivity contribution is 6.05. The summed E-state index contributed by atoms with van der Waals surface area (Å²) in [5, 5.41) is 4.31. The number of hydrogen-bond acceptors (Lipinski definition) is 3. The number of rotatable bonds is 4. The van der Waals surface area contributed by atoms with Crippen LogP contribution in [0.15, 0.2) is 79.4 Å². The number of aromatic nitrogens is 4. The van der Waals surface area contributed by atoms with Gasteiger partial charge in [0.05, 0.1) is 11.9 Å². The van der Waals surface area contributed by atoms with Gasteiger partial charge in [-0.3, -0.25) is 4.79 Å². The maximum absolute atomic E-state index is 12.3. The average Bonchev–Trinajstić information content (AvgIpc) is 3.27. The number of benzene rings is 1. The number of para-hydroxylation sites is 1. The van der Waals surface area contributed by atoms with E-state index in [0.29, 0.717) is 5.69 Å². The Kier molecular flexibility index (Phi) is 3.51. The zero-order valence-electron chi connectivity index (χ0n) is 12.8. The molecule has 5 nitrogen and oxygen atoms in total. The molecule has 3 aromatic heterocycles. The number of hydrogen-bond donors (Lipinski definition) is 0. The Balaban J connectivity index is 1.54. The SMILES string of the molecule is O=C(C=Cc1cnn(-c2ccccc2)c1)c1cn2ccccc2n1. The molecule has 0 fully saturated rings. The number of carbonyl (C=O) groups is 1. The first-order chi connectivity index (χ1) is 11.8. The molecule has 0 aliphatic heterocycles. The molecular weight excluding hydrogens is 300 g/mol. The number of nitrogens with zero attached hydrogens (tertiary/aromatic N) is 4. The monoisotopic (exact) mass is 314 g/mol. The van der Waals surface area contributed by atoms with Crippen LogP contribution in [0.4, 0.5) is 0 Å². The molecule has 0 unspecified atom stereocenters. The summed E-state index contributed by atoms with van der Waals surface area (Å²) >= 11 is 0. The summed E-state index contributed by atoms with van der Waals surface area (Å²) in [7, 11) is 0. The van der Waals surface area contributed by atoms with Crippen molar-refractivity contribution < 1.29 is 4.79 Å². The second-order valence-electron chi connectivity index (χ2n) is 5.34. The van der Waals surface area contributed by atoms with Gasteiger partial charge in [-0.15, -0.1) is 0 Å². The summed E-state index contributed by atoms with van der Waals surface area (Å²) in [4.78, 5) is 16.6. The Morgan fingerprint density at radius 3 is 2.67 bits per heavy atom. The Bertz CT molecular complexity index is 995. The standard InChI is InChI=1S/C19H14N4O/c24-18(17-14-22-11-5-4-8-19(22)21-17)10-9-15-12-20-23(13-15)16-6-2-1-3-7-16/h1-14H. The van der Waals surface area contributed by atoms with Crippen molar-refractivity contribution in [3.05, 3.63) is 90.7 Å². The van der Waals surface area contributed by atoms with Crippen molar-refractivity contribution in [3.63, 3.8) is 0 Å². The van der Waals surface area contributed by atoms with E-state index in [-0.39, 0.29) is 5.78 Å². The van der Waals surface area contributed by atoms with Crippen LogP contribution in [-0.2, 0) is 0 Å². The van der Waals surface area contributed by atoms with E-state index in [9.17, 15) is 4.79 Å². The third-order valence-corrected chi connectivity index (χ3v) is 3.67. The second kappa shape index (κ2) is 5.96. The first-order valence-electron chi connectivity index (χ1n) is 7.56. The number of imidazole rings is 1. The van der Waals surface area contributed by atoms with Crippen LogP contribution >= 0.6 is 0 Å². The van der Waals surface area contributed by atoms with Gasteiger partial charge in [-0.05, 0) is 36.4 Å². The third kappa shape index (κ3) is 2.75. The number of allylic oxidation sites excluding steroid dienone is 1. The van der Waals surface area contributed by atoms with Gasteiger partial charge in [0.25, 0.3) is 0 Å². The zero-order chi connectivity index (χ0) is 16.4. The quantitative estimate of drug-likeness (QED) is 0.428. The van der Waals surface area contributed by atoms with Crippen molar-refractivity contribution >= 4 is 17.5 Å². The Morgan fingerprint density at radius 2 is 1.83 bits per heavy atom. The molecule has 0 aliphatic rings. The molecule has 0 radical (unpaired) electrons. The van der Waals surface area contributed by atoms with Gasteiger partial charge in [0.15, 0.2) is 0 Å². The lowest BCUT2D eigenvalue weighted by Gasteiger charge is -1.98. The molecule has 0 bridgehead atoms. The van der Waals surface area contributed by atoms with E-state index < -0.39 is 0 Å². The van der Waals surface area contributed by atoms with Crippen LogP contribution in [0.5, 0.6) is 0 Å². The molecule has 0 aliphatic carbocycles. The smallest absolute Gasteiger partial charge is 0.205 e. The molecule has 0 amide bonds. The predicted molar refractivity (Wildman–Crippen MR) is 92.1 cm³/mol. The fourth-order valence-electron chi connectivity index (χ4n) is 2.46. The van der Waals surface area contributed by atoms with Gasteiger partial charge in [-0.25, -0.2) is 9.67 Å². The fraction of sp³-hybridized carbons (Fsp3) is 0. The molecule has 1 aromatic carbocycles. The fourth-order valence-corrected chi connectivity index (χ4v) is 2.46. The van der Waals surface area contributed by atoms with Crippen molar-refractivity contribution in [2.45, 2.75) is 0 Å². The summed E-state index contributed by atoms with van der Waals surface area (Å²) in [5.41, 5.74) is 3.01. The van der Waals surface area contributed by atoms with E-state index in [1.54, 1.807) is 23.2 Å². The van der Waals surface area contributed by atoms with Crippen LogP contribution in [0.1, 0.15) is 16.1 Å². The van der Waals surface area contributed by atoms with Crippen molar-refractivity contribution in [1.82, 2.24) is 19.2 Å². The van der Waals surface area contributed by atoms with Crippen LogP contribution < -0.4 is 0 Å². The largest absolute Gasteiger partial charge is 0.306 e. The normalized spacial score (nSPS) is 11.3. The summed E-state index contributed by atoms with van der Waals surface area (Å²) in [6.45, 7) is 0. The molecule has 0 saturated carbocycles. The van der Waals surface area contributed by atoms with Crippen LogP contribution in [0.2, 0.25) is 0 Å². The first-order valence-corrected chi connectivity index (χ1v) is 7.56. The average molecular weight is 314 g/mol. The lowest BCUT2D eigenvalue weighted by molar-refractivity contribution is 0.104. The van der Waals surface area contributed by atoms with E-state index in [4.69, 9.17) is 0 Å². The Morgan fingerprint density at radius 1 is 1.00 bits per heavy atom. The molecule has 5 heteroatoms. The van der Waals surface area contributed by atoms with E-state index in [2.05, 4.69) is 10.1 Å². The van der Waals surface area contributed by atoms with Gasteiger partial charge in [0.1, 0.15) is 11.3 Å². The van der Waals surface area contributed by atoms with Crippen LogP contribution in [0.25, 0.3) is 17.4 Å². The summed E-state index contributed by atoms with van der Waals surface area (Å²) in [6.07, 6.45) is 10.5. The van der Waals surface area contributed by atoms with Gasteiger partial charge < -0.3 is 4.40 Å². The minimum absolute atomic E-state index is 0.133. The van der Waals surface area contributed by atoms with Crippen molar-refractivity contribution in [1.29, 1.82) is 0 Å². The van der Waals surface area contributed by atoms with Crippen LogP contribution in [-0.4, -0.2) is 24.9 Å². The molecule has 0 saturated heterocycles. The molecule has 24 heavy (non-hydrogen) atoms. The molecule has 3 heterocycles. The summed E-state index contributed by atoms with van der Waals surface area (Å²) in [5.74, 6) is -0.133. The van der Waals surface area contributed by atoms with E-state index >= 15 is 0 Å². The van der Waals surface area contributed by atoms with Gasteiger partial charge in [-0.1, -0.05) is 24.3 Å². The summed E-state index contributed by atoms with van der Waals surface area (Å²) in [6, 6.07) is 15.5. The Labute approximate surface area is 138 Å². The van der Waals surface area contributed by atoms with E-state index in [0.717, 1.165) is 16.9 Å². The maximum Gasteiger partial charge on any atom is 0.205 e. The van der Waals surface area contributed by atoms with Crippen molar-refractivity contribution in [2.75, 3.05) is 0 Å². The van der Waals surface area contributed by atoms with Crippen LogP contribution in [0.3, 0.4) is 0 Å². The van der Waals surface area contributed by atoms with Gasteiger partial charge in [0.2, 0.25) is 5.78 Å². The number of carbonyl (C=O) groups excluding carboxylic acids is 1. The molecular formula is C19H14N4O. The summed E-state index contributed by atoms with van der Waals surface area (Å²) < 4.78 is 3.60. The highest BCUT2D eigenvalue weighted by Gasteiger charge is 2.07. The maximum atomic E-state index is 12.3. The minimum atomic E-state index is -0.133. The number of pyridine rings is 1. The van der Waals surface area contributed by atoms with Gasteiger partial charge >= 0.3 is 0 Å². The molecule has 4 aromatic rings. The highest BCUT2D eigenvalue weighted by atomic mass is 16.1. The van der Waals surface area contributed by atoms with E-state index in [1.807, 2.05) is 65.3 Å². The topological polar surface area (TPSA) is 52.2 Å². The number of fused-ring (bicyclic) bond motifs is 1. The van der Waals surface area contributed by atoms with Crippen molar-refractivity contribution in [2.24, 2.45) is 0 Å². The predicted octanol–water partition coefficient (Wildman–Crippen LogP) is 3.42. The molecule has 116 valence electrons. The Hall–Kier alpha value is -3.47. The molecule has 0 spiro atoms. The minimum Gasteiger partial charge on any atom is -0.306 e. The molecule has 0 atom stereocenters. The van der Waals surface area contributed by atoms with Gasteiger partial charge in [0, 0.05) is 24.2 Å².